The maximum absolute atomic E-state index is 4.70. The molecule has 0 atom stereocenters. The first-order chi connectivity index (χ1) is 9.19. The van der Waals surface area contributed by atoms with E-state index in [0.717, 1.165) is 22.5 Å². The van der Waals surface area contributed by atoms with Gasteiger partial charge in [0.2, 0.25) is 0 Å². The van der Waals surface area contributed by atoms with Crippen LogP contribution in [0.3, 0.4) is 0 Å². The summed E-state index contributed by atoms with van der Waals surface area (Å²) in [6.07, 6.45) is 2.07. The lowest BCUT2D eigenvalue weighted by atomic mass is 10.2. The molecule has 0 saturated carbocycles. The zero-order valence-electron chi connectivity index (χ0n) is 11.0. The number of hydrogen-bond donors (Lipinski definition) is 0. The summed E-state index contributed by atoms with van der Waals surface area (Å²) in [4.78, 5) is 0. The van der Waals surface area contributed by atoms with Crippen molar-refractivity contribution in [3.63, 3.8) is 0 Å². The molecule has 0 unspecified atom stereocenters. The molecular weight excluding hydrogens is 351 g/mol. The van der Waals surface area contributed by atoms with E-state index >= 15 is 0 Å². The first-order valence-corrected chi connectivity index (χ1v) is 7.41. The molecule has 0 spiro atoms. The molecule has 2 heterocycles. The smallest absolute Gasteiger partial charge is 0.126 e. The molecule has 98 valence electrons. The van der Waals surface area contributed by atoms with Crippen molar-refractivity contribution in [3.05, 3.63) is 45.4 Å². The molecule has 0 aliphatic rings. The van der Waals surface area contributed by atoms with Gasteiger partial charge in [-0.25, -0.2) is 0 Å². The first kappa shape index (κ1) is 12.7. The van der Waals surface area contributed by atoms with E-state index in [-0.39, 0.29) is 0 Å². The molecular formula is C14H15IN4. The predicted octanol–water partition coefficient (Wildman–Crippen LogP) is 3.21. The van der Waals surface area contributed by atoms with Gasteiger partial charge in [-0.05, 0) is 42.5 Å². The second-order valence-corrected chi connectivity index (χ2v) is 5.60. The summed E-state index contributed by atoms with van der Waals surface area (Å²) in [5.74, 6) is 0. The molecule has 2 aromatic heterocycles. The zero-order valence-corrected chi connectivity index (χ0v) is 13.1. The van der Waals surface area contributed by atoms with Gasteiger partial charge in [-0.1, -0.05) is 18.2 Å². The lowest BCUT2D eigenvalue weighted by Gasteiger charge is -1.98. The minimum absolute atomic E-state index is 0.720. The van der Waals surface area contributed by atoms with Crippen molar-refractivity contribution in [2.24, 2.45) is 0 Å². The molecule has 3 rings (SSSR count). The summed E-state index contributed by atoms with van der Waals surface area (Å²) in [5.41, 5.74) is 3.48. The highest BCUT2D eigenvalue weighted by molar-refractivity contribution is 14.1. The van der Waals surface area contributed by atoms with Crippen LogP contribution in [0.25, 0.3) is 10.9 Å². The molecule has 0 bridgehead atoms. The zero-order chi connectivity index (χ0) is 13.4. The lowest BCUT2D eigenvalue weighted by Crippen LogP contribution is -2.03. The molecule has 0 aliphatic heterocycles. The van der Waals surface area contributed by atoms with Gasteiger partial charge in [0, 0.05) is 23.7 Å². The van der Waals surface area contributed by atoms with Gasteiger partial charge in [-0.15, -0.1) is 0 Å². The lowest BCUT2D eigenvalue weighted by molar-refractivity contribution is 0.625. The van der Waals surface area contributed by atoms with E-state index in [9.17, 15) is 0 Å². The van der Waals surface area contributed by atoms with Gasteiger partial charge in [0.15, 0.2) is 0 Å². The van der Waals surface area contributed by atoms with Gasteiger partial charge in [0.05, 0.1) is 17.8 Å². The second kappa shape index (κ2) is 4.96. The average Bonchev–Trinajstić information content (AvgIpc) is 2.92. The fraction of sp³-hybridized carbons (Fsp3) is 0.286. The normalized spacial score (nSPS) is 11.3. The molecule has 0 fully saturated rings. The quantitative estimate of drug-likeness (QED) is 0.668. The van der Waals surface area contributed by atoms with Crippen LogP contribution in [0.1, 0.15) is 18.2 Å². The highest BCUT2D eigenvalue weighted by Gasteiger charge is 2.10. The Balaban J connectivity index is 2.05. The highest BCUT2D eigenvalue weighted by atomic mass is 127. The van der Waals surface area contributed by atoms with Crippen LogP contribution in [-0.2, 0) is 13.1 Å². The number of hydrogen-bond acceptors (Lipinski definition) is 2. The number of para-hydroxylation sites is 1. The van der Waals surface area contributed by atoms with Crippen molar-refractivity contribution in [3.8, 4) is 0 Å². The Morgan fingerprint density at radius 3 is 2.68 bits per heavy atom. The molecule has 4 nitrogen and oxygen atoms in total. The van der Waals surface area contributed by atoms with E-state index in [1.54, 1.807) is 0 Å². The van der Waals surface area contributed by atoms with Crippen LogP contribution in [0.2, 0.25) is 0 Å². The van der Waals surface area contributed by atoms with Crippen LogP contribution >= 0.6 is 22.6 Å². The van der Waals surface area contributed by atoms with Gasteiger partial charge in [0.25, 0.3) is 0 Å². The Kier molecular flexibility index (Phi) is 3.30. The van der Waals surface area contributed by atoms with Crippen LogP contribution in [0.4, 0.5) is 0 Å². The average molecular weight is 366 g/mol. The van der Waals surface area contributed by atoms with Crippen molar-refractivity contribution in [2.75, 3.05) is 0 Å². The number of rotatable bonds is 3. The fourth-order valence-electron chi connectivity index (χ4n) is 2.29. The van der Waals surface area contributed by atoms with Gasteiger partial charge in [-0.2, -0.15) is 10.2 Å². The molecule has 0 N–H and O–H groups in total. The summed E-state index contributed by atoms with van der Waals surface area (Å²) in [6.45, 7) is 5.80. The summed E-state index contributed by atoms with van der Waals surface area (Å²) in [5, 5.41) is 10.4. The maximum atomic E-state index is 4.70. The minimum Gasteiger partial charge on any atom is -0.265 e. The maximum Gasteiger partial charge on any atom is 0.126 e. The molecule has 0 amide bonds. The summed E-state index contributed by atoms with van der Waals surface area (Å²) >= 11 is 2.26. The van der Waals surface area contributed by atoms with Crippen molar-refractivity contribution in [1.82, 2.24) is 19.6 Å². The van der Waals surface area contributed by atoms with Gasteiger partial charge >= 0.3 is 0 Å². The van der Waals surface area contributed by atoms with E-state index in [0.29, 0.717) is 0 Å². The highest BCUT2D eigenvalue weighted by Crippen LogP contribution is 2.19. The number of aromatic nitrogens is 4. The number of fused-ring (bicyclic) bond motifs is 1. The Morgan fingerprint density at radius 1 is 1.21 bits per heavy atom. The summed E-state index contributed by atoms with van der Waals surface area (Å²) in [6, 6.07) is 8.37. The summed E-state index contributed by atoms with van der Waals surface area (Å²) in [7, 11) is 0. The molecule has 19 heavy (non-hydrogen) atoms. The van der Waals surface area contributed by atoms with Crippen LogP contribution in [0, 0.1) is 10.6 Å². The summed E-state index contributed by atoms with van der Waals surface area (Å²) < 4.78 is 5.06. The Bertz CT molecular complexity index is 707. The van der Waals surface area contributed by atoms with Crippen molar-refractivity contribution >= 4 is 33.5 Å². The topological polar surface area (TPSA) is 35.6 Å². The Hall–Kier alpha value is -1.37. The van der Waals surface area contributed by atoms with Gasteiger partial charge in [-0.3, -0.25) is 9.36 Å². The largest absolute Gasteiger partial charge is 0.265 e. The number of benzene rings is 1. The van der Waals surface area contributed by atoms with E-state index < -0.39 is 0 Å². The van der Waals surface area contributed by atoms with Crippen molar-refractivity contribution < 1.29 is 0 Å². The van der Waals surface area contributed by atoms with Crippen LogP contribution in [-0.4, -0.2) is 19.6 Å². The molecule has 3 aromatic rings. The Labute approximate surface area is 125 Å². The SMILES string of the molecule is CCn1nc(Cn2cc(C)c(I)n2)c2ccccc21. The fourth-order valence-corrected chi connectivity index (χ4v) is 2.70. The monoisotopic (exact) mass is 366 g/mol. The van der Waals surface area contributed by atoms with Crippen molar-refractivity contribution in [2.45, 2.75) is 26.9 Å². The van der Waals surface area contributed by atoms with Crippen LogP contribution in [0.15, 0.2) is 30.5 Å². The van der Waals surface area contributed by atoms with Gasteiger partial charge < -0.3 is 0 Å². The molecule has 1 aromatic carbocycles. The second-order valence-electron chi connectivity index (χ2n) is 4.58. The number of nitrogens with zero attached hydrogens (tertiary/aromatic N) is 4. The van der Waals surface area contributed by atoms with Crippen molar-refractivity contribution in [1.29, 1.82) is 0 Å². The molecule has 0 aliphatic carbocycles. The molecule has 0 radical (unpaired) electrons. The van der Waals surface area contributed by atoms with Crippen LogP contribution in [0.5, 0.6) is 0 Å². The predicted molar refractivity (Wildman–Crippen MR) is 84.2 cm³/mol. The van der Waals surface area contributed by atoms with Crippen LogP contribution < -0.4 is 0 Å². The third kappa shape index (κ3) is 2.27. The minimum atomic E-state index is 0.720. The molecule has 5 heteroatoms. The van der Waals surface area contributed by atoms with E-state index in [1.165, 1.54) is 16.5 Å². The first-order valence-electron chi connectivity index (χ1n) is 6.33. The van der Waals surface area contributed by atoms with E-state index in [2.05, 4.69) is 72.0 Å². The molecule has 0 saturated heterocycles. The van der Waals surface area contributed by atoms with E-state index in [4.69, 9.17) is 5.10 Å². The number of halogens is 1. The third-order valence-corrected chi connectivity index (χ3v) is 4.30. The third-order valence-electron chi connectivity index (χ3n) is 3.23. The standard InChI is InChI=1S/C14H15IN4/c1-3-19-13-7-5-4-6-11(13)12(16-19)9-18-8-10(2)14(15)17-18/h4-8H,3,9H2,1-2H3. The number of aryl methyl sites for hydroxylation is 2. The van der Waals surface area contributed by atoms with E-state index in [1.807, 2.05) is 9.36 Å². The Morgan fingerprint density at radius 2 is 2.00 bits per heavy atom. The van der Waals surface area contributed by atoms with Gasteiger partial charge in [0.1, 0.15) is 3.70 Å².